The number of rotatable bonds is 4. The number of thiol groups is 1. The van der Waals surface area contributed by atoms with E-state index in [0.717, 1.165) is 26.0 Å². The lowest BCUT2D eigenvalue weighted by Gasteiger charge is -2.03. The first-order valence-electron chi connectivity index (χ1n) is 6.77. The number of hydrogen-bond donors (Lipinski definition) is 2. The van der Waals surface area contributed by atoms with Gasteiger partial charge in [0.15, 0.2) is 5.25 Å². The van der Waals surface area contributed by atoms with Crippen molar-refractivity contribution in [3.63, 3.8) is 0 Å². The van der Waals surface area contributed by atoms with Crippen molar-refractivity contribution in [2.45, 2.75) is 5.25 Å². The maximum Gasteiger partial charge on any atom is 0.323 e. The number of thiazole rings is 1. The van der Waals surface area contributed by atoms with Crippen molar-refractivity contribution in [1.82, 2.24) is 4.98 Å². The van der Waals surface area contributed by atoms with Gasteiger partial charge in [-0.3, -0.25) is 4.79 Å². The summed E-state index contributed by atoms with van der Waals surface area (Å²) in [5.74, 6) is -0.986. The highest BCUT2D eigenvalue weighted by Gasteiger charge is 2.19. The Hall–Kier alpha value is -1.63. The van der Waals surface area contributed by atoms with Crippen LogP contribution in [-0.2, 0) is 4.79 Å². The van der Waals surface area contributed by atoms with Crippen LogP contribution in [0.5, 0.6) is 0 Å². The molecule has 116 valence electrons. The Morgan fingerprint density at radius 3 is 2.13 bits per heavy atom. The average Bonchev–Trinajstić information content (AvgIpc) is 3.05. The third-order valence-corrected chi connectivity index (χ3v) is 5.62. The molecule has 0 radical (unpaired) electrons. The van der Waals surface area contributed by atoms with Crippen molar-refractivity contribution in [3.05, 3.63) is 64.2 Å². The Bertz CT molecular complexity index is 829. The normalized spacial score (nSPS) is 12.1. The number of aliphatic carboxylic acids is 1. The van der Waals surface area contributed by atoms with E-state index in [1.165, 1.54) is 11.3 Å². The van der Waals surface area contributed by atoms with Crippen molar-refractivity contribution in [2.24, 2.45) is 0 Å². The van der Waals surface area contributed by atoms with Gasteiger partial charge in [0.05, 0.1) is 4.88 Å². The summed E-state index contributed by atoms with van der Waals surface area (Å²) in [7, 11) is 0. The maximum atomic E-state index is 11.0. The van der Waals surface area contributed by atoms with E-state index in [9.17, 15) is 4.79 Å². The van der Waals surface area contributed by atoms with Gasteiger partial charge < -0.3 is 5.11 Å². The SMILES string of the molecule is O=C(O)C(S)c1ncc(-c2ccc(-c3ccc(Br)cc3)cc2)s1. The number of hydrogen-bond acceptors (Lipinski definition) is 4. The number of aromatic nitrogens is 1. The second kappa shape index (κ2) is 6.86. The van der Waals surface area contributed by atoms with Gasteiger partial charge in [-0.1, -0.05) is 52.3 Å². The molecule has 0 saturated carbocycles. The average molecular weight is 406 g/mol. The summed E-state index contributed by atoms with van der Waals surface area (Å²) in [6.07, 6.45) is 1.70. The Balaban J connectivity index is 1.85. The first kappa shape index (κ1) is 16.2. The van der Waals surface area contributed by atoms with E-state index in [1.807, 2.05) is 36.4 Å². The third-order valence-electron chi connectivity index (χ3n) is 3.34. The largest absolute Gasteiger partial charge is 0.480 e. The van der Waals surface area contributed by atoms with Gasteiger partial charge in [0.25, 0.3) is 0 Å². The van der Waals surface area contributed by atoms with Gasteiger partial charge in [0.1, 0.15) is 5.01 Å². The second-order valence-electron chi connectivity index (χ2n) is 4.89. The monoisotopic (exact) mass is 405 g/mol. The lowest BCUT2D eigenvalue weighted by Crippen LogP contribution is -2.03. The molecule has 0 bridgehead atoms. The molecule has 0 aliphatic carbocycles. The molecule has 1 unspecified atom stereocenters. The number of nitrogens with zero attached hydrogens (tertiary/aromatic N) is 1. The summed E-state index contributed by atoms with van der Waals surface area (Å²) in [5.41, 5.74) is 3.29. The van der Waals surface area contributed by atoms with Crippen LogP contribution in [0.15, 0.2) is 59.2 Å². The summed E-state index contributed by atoms with van der Waals surface area (Å²) in [4.78, 5) is 16.1. The van der Waals surface area contributed by atoms with Crippen LogP contribution in [0.1, 0.15) is 10.3 Å². The smallest absolute Gasteiger partial charge is 0.323 e. The Labute approximate surface area is 151 Å². The molecule has 23 heavy (non-hydrogen) atoms. The molecular formula is C17H12BrNO2S2. The lowest BCUT2D eigenvalue weighted by atomic mass is 10.0. The van der Waals surface area contributed by atoms with Gasteiger partial charge in [0, 0.05) is 10.7 Å². The predicted molar refractivity (Wildman–Crippen MR) is 100 cm³/mol. The van der Waals surface area contributed by atoms with E-state index in [0.29, 0.717) is 5.01 Å². The van der Waals surface area contributed by atoms with Crippen molar-refractivity contribution >= 4 is 45.9 Å². The van der Waals surface area contributed by atoms with Gasteiger partial charge in [-0.25, -0.2) is 4.98 Å². The topological polar surface area (TPSA) is 50.2 Å². The van der Waals surface area contributed by atoms with Crippen LogP contribution in [0.4, 0.5) is 0 Å². The molecule has 3 rings (SSSR count). The second-order valence-corrected chi connectivity index (χ2v) is 7.38. The standard InChI is InChI=1S/C17H12BrNO2S2/c18-13-7-5-11(6-8-13)10-1-3-12(4-2-10)14-9-19-16(23-14)15(22)17(20)21/h1-9,15,22H,(H,20,21). The molecule has 3 nitrogen and oxygen atoms in total. The fourth-order valence-electron chi connectivity index (χ4n) is 2.12. The van der Waals surface area contributed by atoms with E-state index in [4.69, 9.17) is 5.11 Å². The number of carbonyl (C=O) groups is 1. The van der Waals surface area contributed by atoms with E-state index in [2.05, 4.69) is 45.7 Å². The zero-order valence-electron chi connectivity index (χ0n) is 11.8. The molecule has 0 aliphatic heterocycles. The number of benzene rings is 2. The molecule has 3 aromatic rings. The van der Waals surface area contributed by atoms with Gasteiger partial charge >= 0.3 is 5.97 Å². The Kier molecular flexibility index (Phi) is 4.84. The third kappa shape index (κ3) is 3.65. The van der Waals surface area contributed by atoms with E-state index in [-0.39, 0.29) is 0 Å². The molecule has 6 heteroatoms. The number of carboxylic acid groups (broad SMARTS) is 1. The fourth-order valence-corrected chi connectivity index (χ4v) is 3.51. The van der Waals surface area contributed by atoms with Crippen LogP contribution in [-0.4, -0.2) is 16.1 Å². The summed E-state index contributed by atoms with van der Waals surface area (Å²) >= 11 is 8.84. The molecule has 0 saturated heterocycles. The highest BCUT2D eigenvalue weighted by molar-refractivity contribution is 9.10. The van der Waals surface area contributed by atoms with Crippen LogP contribution in [0.2, 0.25) is 0 Å². The predicted octanol–water partition coefficient (Wildman–Crippen LogP) is 5.30. The Morgan fingerprint density at radius 1 is 1.04 bits per heavy atom. The van der Waals surface area contributed by atoms with Gasteiger partial charge in [0.2, 0.25) is 0 Å². The number of halogens is 1. The lowest BCUT2D eigenvalue weighted by molar-refractivity contribution is -0.136. The zero-order valence-corrected chi connectivity index (χ0v) is 15.1. The minimum absolute atomic E-state index is 0.493. The highest BCUT2D eigenvalue weighted by atomic mass is 79.9. The molecule has 0 amide bonds. The van der Waals surface area contributed by atoms with Gasteiger partial charge in [-0.2, -0.15) is 12.6 Å². The molecule has 1 aromatic heterocycles. The van der Waals surface area contributed by atoms with Crippen LogP contribution < -0.4 is 0 Å². The minimum atomic E-state index is -0.986. The van der Waals surface area contributed by atoms with Crippen molar-refractivity contribution in [2.75, 3.05) is 0 Å². The van der Waals surface area contributed by atoms with E-state index in [1.54, 1.807) is 6.20 Å². The fraction of sp³-hybridized carbons (Fsp3) is 0.0588. The van der Waals surface area contributed by atoms with Gasteiger partial charge in [-0.05, 0) is 28.8 Å². The van der Waals surface area contributed by atoms with E-state index < -0.39 is 11.2 Å². The first-order chi connectivity index (χ1) is 11.0. The number of carboxylic acids is 1. The quantitative estimate of drug-likeness (QED) is 0.579. The van der Waals surface area contributed by atoms with Crippen LogP contribution in [0, 0.1) is 0 Å². The molecule has 1 N–H and O–H groups in total. The van der Waals surface area contributed by atoms with Crippen molar-refractivity contribution in [1.29, 1.82) is 0 Å². The van der Waals surface area contributed by atoms with Crippen LogP contribution in [0.25, 0.3) is 21.6 Å². The highest BCUT2D eigenvalue weighted by Crippen LogP contribution is 2.33. The van der Waals surface area contributed by atoms with Gasteiger partial charge in [-0.15, -0.1) is 11.3 Å². The summed E-state index contributed by atoms with van der Waals surface area (Å²) < 4.78 is 1.05. The van der Waals surface area contributed by atoms with E-state index >= 15 is 0 Å². The van der Waals surface area contributed by atoms with Crippen LogP contribution in [0.3, 0.4) is 0 Å². The van der Waals surface area contributed by atoms with Crippen molar-refractivity contribution < 1.29 is 9.90 Å². The summed E-state index contributed by atoms with van der Waals surface area (Å²) in [6, 6.07) is 16.3. The summed E-state index contributed by atoms with van der Waals surface area (Å²) in [5, 5.41) is 8.60. The summed E-state index contributed by atoms with van der Waals surface area (Å²) in [6.45, 7) is 0. The molecular weight excluding hydrogens is 394 g/mol. The molecule has 1 heterocycles. The minimum Gasteiger partial charge on any atom is -0.480 e. The van der Waals surface area contributed by atoms with Crippen molar-refractivity contribution in [3.8, 4) is 21.6 Å². The molecule has 0 spiro atoms. The first-order valence-corrected chi connectivity index (χ1v) is 8.90. The maximum absolute atomic E-state index is 11.0. The van der Waals surface area contributed by atoms with Crippen LogP contribution >= 0.6 is 39.9 Å². The molecule has 0 fully saturated rings. The molecule has 2 aromatic carbocycles. The molecule has 0 aliphatic rings. The molecule has 1 atom stereocenters. The Morgan fingerprint density at radius 2 is 1.57 bits per heavy atom. The zero-order chi connectivity index (χ0) is 16.4.